The molecule has 1 saturated carbocycles. The van der Waals surface area contributed by atoms with Crippen molar-refractivity contribution in [3.8, 4) is 0 Å². The zero-order valence-corrected chi connectivity index (χ0v) is 12.3. The van der Waals surface area contributed by atoms with E-state index in [9.17, 15) is 0 Å². The minimum atomic E-state index is 0.432. The van der Waals surface area contributed by atoms with Crippen LogP contribution in [0.5, 0.6) is 0 Å². The molecule has 1 heterocycles. The van der Waals surface area contributed by atoms with Gasteiger partial charge >= 0.3 is 0 Å². The Balaban J connectivity index is 1.96. The molecule has 2 aliphatic rings. The summed E-state index contributed by atoms with van der Waals surface area (Å²) in [5, 5.41) is 3.54. The highest BCUT2D eigenvalue weighted by atomic mass is 32.2. The van der Waals surface area contributed by atoms with E-state index in [0.29, 0.717) is 12.1 Å². The number of ether oxygens (including phenoxy) is 1. The summed E-state index contributed by atoms with van der Waals surface area (Å²) in [4.78, 5) is 0. The number of nitrogens with one attached hydrogen (secondary N) is 1. The van der Waals surface area contributed by atoms with E-state index in [1.165, 1.54) is 30.8 Å². The molecule has 1 saturated heterocycles. The Hall–Kier alpha value is 0.270. The van der Waals surface area contributed by atoms with E-state index in [0.717, 1.165) is 24.4 Å². The number of rotatable bonds is 3. The monoisotopic (exact) mass is 257 g/mol. The van der Waals surface area contributed by atoms with Crippen LogP contribution in [0.4, 0.5) is 0 Å². The summed E-state index contributed by atoms with van der Waals surface area (Å²) in [5.41, 5.74) is 0. The van der Waals surface area contributed by atoms with Gasteiger partial charge in [0.15, 0.2) is 0 Å². The average Bonchev–Trinajstić information content (AvgIpc) is 2.30. The molecule has 3 heteroatoms. The van der Waals surface area contributed by atoms with Crippen LogP contribution in [0.25, 0.3) is 0 Å². The van der Waals surface area contributed by atoms with Crippen LogP contribution in [0.1, 0.15) is 33.1 Å². The standard InChI is InChI=1S/C14H27NOS/c1-10-6-11(2)8-12(7-10)14(15-3)13-9-17-5-4-16-13/h10-15H,4-9H2,1-3H3. The van der Waals surface area contributed by atoms with Crippen LogP contribution < -0.4 is 5.32 Å². The van der Waals surface area contributed by atoms with Gasteiger partial charge in [0, 0.05) is 17.5 Å². The number of hydrogen-bond acceptors (Lipinski definition) is 3. The number of hydrogen-bond donors (Lipinski definition) is 1. The first-order valence-electron chi connectivity index (χ1n) is 7.07. The molecule has 4 atom stereocenters. The molecule has 4 unspecified atom stereocenters. The fourth-order valence-corrected chi connectivity index (χ4v) is 4.66. The molecule has 100 valence electrons. The van der Waals surface area contributed by atoms with Crippen LogP contribution in [0, 0.1) is 17.8 Å². The molecule has 2 rings (SSSR count). The fourth-order valence-electron chi connectivity index (χ4n) is 3.74. The second kappa shape index (κ2) is 6.44. The molecule has 17 heavy (non-hydrogen) atoms. The molecule has 0 spiro atoms. The lowest BCUT2D eigenvalue weighted by molar-refractivity contribution is 0.0172. The van der Waals surface area contributed by atoms with Crippen molar-refractivity contribution < 1.29 is 4.74 Å². The van der Waals surface area contributed by atoms with Gasteiger partial charge in [-0.3, -0.25) is 0 Å². The van der Waals surface area contributed by atoms with E-state index in [2.05, 4.69) is 26.2 Å². The molecule has 0 aromatic heterocycles. The van der Waals surface area contributed by atoms with E-state index in [-0.39, 0.29) is 0 Å². The summed E-state index contributed by atoms with van der Waals surface area (Å²) in [6, 6.07) is 0.563. The maximum absolute atomic E-state index is 5.97. The third kappa shape index (κ3) is 3.62. The largest absolute Gasteiger partial charge is 0.375 e. The van der Waals surface area contributed by atoms with E-state index in [4.69, 9.17) is 4.74 Å². The predicted molar refractivity (Wildman–Crippen MR) is 75.6 cm³/mol. The van der Waals surface area contributed by atoms with Crippen molar-refractivity contribution in [1.29, 1.82) is 0 Å². The SMILES string of the molecule is CNC(C1CC(C)CC(C)C1)C1CSCCO1. The molecular formula is C14H27NOS. The Morgan fingerprint density at radius 2 is 1.88 bits per heavy atom. The van der Waals surface area contributed by atoms with Gasteiger partial charge in [0.05, 0.1) is 12.7 Å². The van der Waals surface area contributed by atoms with E-state index >= 15 is 0 Å². The van der Waals surface area contributed by atoms with Gasteiger partial charge in [0.2, 0.25) is 0 Å². The van der Waals surface area contributed by atoms with Gasteiger partial charge in [-0.25, -0.2) is 0 Å². The summed E-state index contributed by atoms with van der Waals surface area (Å²) in [6.45, 7) is 5.75. The first-order chi connectivity index (χ1) is 8.20. The molecule has 1 aliphatic heterocycles. The van der Waals surface area contributed by atoms with Crippen molar-refractivity contribution in [2.24, 2.45) is 17.8 Å². The third-order valence-corrected chi connectivity index (χ3v) is 5.32. The Bertz CT molecular complexity index is 220. The van der Waals surface area contributed by atoms with Crippen molar-refractivity contribution in [2.45, 2.75) is 45.3 Å². The quantitative estimate of drug-likeness (QED) is 0.840. The number of likely N-dealkylation sites (N-methyl/N-ethyl adjacent to an activating group) is 1. The van der Waals surface area contributed by atoms with Crippen LogP contribution in [-0.4, -0.2) is 37.3 Å². The second-order valence-electron chi connectivity index (χ2n) is 5.98. The first kappa shape index (κ1) is 13.7. The Morgan fingerprint density at radius 3 is 2.41 bits per heavy atom. The summed E-state index contributed by atoms with van der Waals surface area (Å²) < 4.78 is 5.97. The van der Waals surface area contributed by atoms with Gasteiger partial charge in [-0.15, -0.1) is 0 Å². The lowest BCUT2D eigenvalue weighted by Gasteiger charge is -2.40. The zero-order chi connectivity index (χ0) is 12.3. The van der Waals surface area contributed by atoms with Crippen LogP contribution in [0.2, 0.25) is 0 Å². The minimum Gasteiger partial charge on any atom is -0.375 e. The van der Waals surface area contributed by atoms with E-state index in [1.807, 2.05) is 11.8 Å². The summed E-state index contributed by atoms with van der Waals surface area (Å²) in [6.07, 6.45) is 4.59. The van der Waals surface area contributed by atoms with Gasteiger partial charge in [0.1, 0.15) is 0 Å². The lowest BCUT2D eigenvalue weighted by atomic mass is 9.73. The lowest BCUT2D eigenvalue weighted by Crippen LogP contribution is -2.49. The molecule has 2 fully saturated rings. The van der Waals surface area contributed by atoms with Crippen molar-refractivity contribution in [1.82, 2.24) is 5.32 Å². The van der Waals surface area contributed by atoms with Crippen LogP contribution in [0.15, 0.2) is 0 Å². The molecule has 1 aliphatic carbocycles. The van der Waals surface area contributed by atoms with E-state index in [1.54, 1.807) is 0 Å². The van der Waals surface area contributed by atoms with Gasteiger partial charge < -0.3 is 10.1 Å². The second-order valence-corrected chi connectivity index (χ2v) is 7.13. The molecule has 1 N–H and O–H groups in total. The highest BCUT2D eigenvalue weighted by molar-refractivity contribution is 7.99. The van der Waals surface area contributed by atoms with E-state index < -0.39 is 0 Å². The normalized spacial score (nSPS) is 41.1. The van der Waals surface area contributed by atoms with Crippen LogP contribution >= 0.6 is 11.8 Å². The predicted octanol–water partition coefficient (Wildman–Crippen LogP) is 2.78. The molecule has 0 radical (unpaired) electrons. The fraction of sp³-hybridized carbons (Fsp3) is 1.00. The topological polar surface area (TPSA) is 21.3 Å². The zero-order valence-electron chi connectivity index (χ0n) is 11.4. The molecule has 2 nitrogen and oxygen atoms in total. The first-order valence-corrected chi connectivity index (χ1v) is 8.22. The van der Waals surface area contributed by atoms with Crippen molar-refractivity contribution >= 4 is 11.8 Å². The van der Waals surface area contributed by atoms with Gasteiger partial charge in [-0.2, -0.15) is 11.8 Å². The molecular weight excluding hydrogens is 230 g/mol. The maximum atomic E-state index is 5.97. The molecule has 0 bridgehead atoms. The Kier molecular flexibility index (Phi) is 5.19. The molecule has 0 amide bonds. The van der Waals surface area contributed by atoms with Crippen LogP contribution in [0.3, 0.4) is 0 Å². The Morgan fingerprint density at radius 1 is 1.18 bits per heavy atom. The molecule has 0 aromatic carbocycles. The molecule has 0 aromatic rings. The van der Waals surface area contributed by atoms with Crippen molar-refractivity contribution in [3.05, 3.63) is 0 Å². The minimum absolute atomic E-state index is 0.432. The van der Waals surface area contributed by atoms with Gasteiger partial charge in [0.25, 0.3) is 0 Å². The average molecular weight is 257 g/mol. The van der Waals surface area contributed by atoms with Gasteiger partial charge in [-0.1, -0.05) is 13.8 Å². The van der Waals surface area contributed by atoms with Gasteiger partial charge in [-0.05, 0) is 44.1 Å². The highest BCUT2D eigenvalue weighted by Crippen LogP contribution is 2.36. The third-order valence-electron chi connectivity index (χ3n) is 4.30. The smallest absolute Gasteiger partial charge is 0.0821 e. The summed E-state index contributed by atoms with van der Waals surface area (Å²) >= 11 is 2.05. The number of thioether (sulfide) groups is 1. The van der Waals surface area contributed by atoms with Crippen LogP contribution in [-0.2, 0) is 4.74 Å². The maximum Gasteiger partial charge on any atom is 0.0821 e. The highest BCUT2D eigenvalue weighted by Gasteiger charge is 2.34. The van der Waals surface area contributed by atoms with Crippen molar-refractivity contribution in [2.75, 3.05) is 25.2 Å². The summed E-state index contributed by atoms with van der Waals surface area (Å²) in [5.74, 6) is 4.92. The summed E-state index contributed by atoms with van der Waals surface area (Å²) in [7, 11) is 2.11. The van der Waals surface area contributed by atoms with Crippen molar-refractivity contribution in [3.63, 3.8) is 0 Å². The Labute approximate surface area is 110 Å².